The van der Waals surface area contributed by atoms with Crippen molar-refractivity contribution >= 4 is 11.7 Å². The molecule has 0 saturated heterocycles. The van der Waals surface area contributed by atoms with Crippen LogP contribution < -0.4 is 10.6 Å². The van der Waals surface area contributed by atoms with E-state index in [2.05, 4.69) is 20.8 Å². The van der Waals surface area contributed by atoms with E-state index in [0.717, 1.165) is 16.9 Å². The average Bonchev–Trinajstić information content (AvgIpc) is 3.13. The van der Waals surface area contributed by atoms with E-state index in [1.165, 1.54) is 0 Å². The van der Waals surface area contributed by atoms with Gasteiger partial charge in [-0.15, -0.1) is 10.2 Å². The van der Waals surface area contributed by atoms with E-state index in [1.54, 1.807) is 18.4 Å². The SMILES string of the molecule is Cc1ccccc1CNC(=O)c1ccc(NCc2ccco2)nn1. The maximum Gasteiger partial charge on any atom is 0.272 e. The van der Waals surface area contributed by atoms with Crippen LogP contribution in [0.1, 0.15) is 27.4 Å². The molecular weight excluding hydrogens is 304 g/mol. The summed E-state index contributed by atoms with van der Waals surface area (Å²) in [5.41, 5.74) is 2.50. The van der Waals surface area contributed by atoms with Crippen LogP contribution in [0, 0.1) is 6.92 Å². The molecule has 0 atom stereocenters. The van der Waals surface area contributed by atoms with Crippen molar-refractivity contribution < 1.29 is 9.21 Å². The van der Waals surface area contributed by atoms with Crippen LogP contribution in [0.4, 0.5) is 5.82 Å². The number of hydrogen-bond acceptors (Lipinski definition) is 5. The van der Waals surface area contributed by atoms with Gasteiger partial charge in [-0.3, -0.25) is 4.79 Å². The Kier molecular flexibility index (Phi) is 4.86. The fraction of sp³-hybridized carbons (Fsp3) is 0.167. The number of nitrogens with one attached hydrogen (secondary N) is 2. The molecule has 2 heterocycles. The van der Waals surface area contributed by atoms with Crippen LogP contribution in [0.3, 0.4) is 0 Å². The minimum absolute atomic E-state index is 0.247. The number of furan rings is 1. The van der Waals surface area contributed by atoms with Crippen LogP contribution in [-0.4, -0.2) is 16.1 Å². The molecule has 1 aromatic carbocycles. The molecule has 0 bridgehead atoms. The number of hydrogen-bond donors (Lipinski definition) is 2. The summed E-state index contributed by atoms with van der Waals surface area (Å²) in [5, 5.41) is 13.9. The van der Waals surface area contributed by atoms with Gasteiger partial charge in [0, 0.05) is 6.54 Å². The van der Waals surface area contributed by atoms with Gasteiger partial charge in [0.05, 0.1) is 12.8 Å². The van der Waals surface area contributed by atoms with Gasteiger partial charge in [0.2, 0.25) is 0 Å². The van der Waals surface area contributed by atoms with Gasteiger partial charge in [0.25, 0.3) is 5.91 Å². The standard InChI is InChI=1S/C18H18N4O2/c1-13-5-2-3-6-14(13)11-20-18(23)16-8-9-17(22-21-16)19-12-15-7-4-10-24-15/h2-10H,11-12H2,1H3,(H,19,22)(H,20,23). The van der Waals surface area contributed by atoms with Crippen LogP contribution in [0.2, 0.25) is 0 Å². The molecule has 2 N–H and O–H groups in total. The first-order valence-corrected chi connectivity index (χ1v) is 7.65. The zero-order valence-electron chi connectivity index (χ0n) is 13.3. The number of anilines is 1. The van der Waals surface area contributed by atoms with E-state index >= 15 is 0 Å². The normalized spacial score (nSPS) is 10.4. The van der Waals surface area contributed by atoms with Gasteiger partial charge in [-0.2, -0.15) is 0 Å². The third-order valence-electron chi connectivity index (χ3n) is 3.62. The first kappa shape index (κ1) is 15.7. The van der Waals surface area contributed by atoms with Crippen LogP contribution >= 0.6 is 0 Å². The summed E-state index contributed by atoms with van der Waals surface area (Å²) in [6, 6.07) is 15.0. The molecule has 0 saturated carbocycles. The third kappa shape index (κ3) is 3.98. The van der Waals surface area contributed by atoms with Crippen LogP contribution in [-0.2, 0) is 13.1 Å². The van der Waals surface area contributed by atoms with Crippen molar-refractivity contribution in [3.8, 4) is 0 Å². The second kappa shape index (κ2) is 7.41. The molecule has 0 unspecified atom stereocenters. The van der Waals surface area contributed by atoms with Crippen molar-refractivity contribution in [3.05, 3.63) is 77.4 Å². The topological polar surface area (TPSA) is 80.0 Å². The lowest BCUT2D eigenvalue weighted by atomic mass is 10.1. The van der Waals surface area contributed by atoms with E-state index in [1.807, 2.05) is 43.3 Å². The van der Waals surface area contributed by atoms with Crippen molar-refractivity contribution in [3.63, 3.8) is 0 Å². The van der Waals surface area contributed by atoms with Gasteiger partial charge in [-0.25, -0.2) is 0 Å². The summed E-state index contributed by atoms with van der Waals surface area (Å²) in [6.45, 7) is 2.99. The summed E-state index contributed by atoms with van der Waals surface area (Å²) < 4.78 is 5.23. The van der Waals surface area contributed by atoms with Crippen molar-refractivity contribution in [1.29, 1.82) is 0 Å². The largest absolute Gasteiger partial charge is 0.467 e. The summed E-state index contributed by atoms with van der Waals surface area (Å²) >= 11 is 0. The second-order valence-corrected chi connectivity index (χ2v) is 5.35. The van der Waals surface area contributed by atoms with E-state index in [9.17, 15) is 4.79 Å². The molecule has 1 amide bonds. The lowest BCUT2D eigenvalue weighted by molar-refractivity contribution is 0.0945. The molecule has 6 nitrogen and oxygen atoms in total. The fourth-order valence-electron chi connectivity index (χ4n) is 2.21. The van der Waals surface area contributed by atoms with Gasteiger partial charge in [-0.05, 0) is 42.3 Å². The monoisotopic (exact) mass is 322 g/mol. The van der Waals surface area contributed by atoms with E-state index in [4.69, 9.17) is 4.42 Å². The minimum atomic E-state index is -0.247. The Morgan fingerprint density at radius 2 is 1.92 bits per heavy atom. The van der Waals surface area contributed by atoms with E-state index in [0.29, 0.717) is 18.9 Å². The molecule has 0 spiro atoms. The molecule has 3 rings (SSSR count). The Morgan fingerprint density at radius 1 is 1.04 bits per heavy atom. The van der Waals surface area contributed by atoms with Crippen molar-refractivity contribution in [2.45, 2.75) is 20.0 Å². The lowest BCUT2D eigenvalue weighted by Crippen LogP contribution is -2.24. The van der Waals surface area contributed by atoms with Gasteiger partial charge in [0.1, 0.15) is 11.6 Å². The number of carbonyl (C=O) groups is 1. The molecule has 0 fully saturated rings. The average molecular weight is 322 g/mol. The zero-order chi connectivity index (χ0) is 16.8. The Balaban J connectivity index is 1.54. The number of nitrogens with zero attached hydrogens (tertiary/aromatic N) is 2. The quantitative estimate of drug-likeness (QED) is 0.729. The minimum Gasteiger partial charge on any atom is -0.467 e. The maximum absolute atomic E-state index is 12.1. The summed E-state index contributed by atoms with van der Waals surface area (Å²) in [7, 11) is 0. The van der Waals surface area contributed by atoms with E-state index in [-0.39, 0.29) is 11.6 Å². The number of benzene rings is 1. The maximum atomic E-state index is 12.1. The van der Waals surface area contributed by atoms with Crippen LogP contribution in [0.5, 0.6) is 0 Å². The van der Waals surface area contributed by atoms with Gasteiger partial charge in [0.15, 0.2) is 5.69 Å². The predicted octanol–water partition coefficient (Wildman–Crippen LogP) is 2.92. The Hall–Kier alpha value is -3.15. The molecule has 3 aromatic rings. The molecule has 0 aliphatic heterocycles. The summed E-state index contributed by atoms with van der Waals surface area (Å²) in [4.78, 5) is 12.1. The second-order valence-electron chi connectivity index (χ2n) is 5.35. The molecule has 0 aliphatic rings. The number of rotatable bonds is 6. The van der Waals surface area contributed by atoms with Gasteiger partial charge in [-0.1, -0.05) is 24.3 Å². The third-order valence-corrected chi connectivity index (χ3v) is 3.62. The van der Waals surface area contributed by atoms with Crippen molar-refractivity contribution in [1.82, 2.24) is 15.5 Å². The number of aryl methyl sites for hydroxylation is 1. The highest BCUT2D eigenvalue weighted by molar-refractivity contribution is 5.92. The first-order valence-electron chi connectivity index (χ1n) is 7.65. The smallest absolute Gasteiger partial charge is 0.272 e. The molecule has 122 valence electrons. The summed E-state index contributed by atoms with van der Waals surface area (Å²) in [6.07, 6.45) is 1.62. The molecule has 6 heteroatoms. The van der Waals surface area contributed by atoms with Crippen molar-refractivity contribution in [2.24, 2.45) is 0 Å². The van der Waals surface area contributed by atoms with Crippen molar-refractivity contribution in [2.75, 3.05) is 5.32 Å². The zero-order valence-corrected chi connectivity index (χ0v) is 13.3. The molecule has 24 heavy (non-hydrogen) atoms. The van der Waals surface area contributed by atoms with Crippen LogP contribution in [0.15, 0.2) is 59.2 Å². The number of amides is 1. The molecule has 0 aliphatic carbocycles. The summed E-state index contributed by atoms with van der Waals surface area (Å²) in [5.74, 6) is 1.14. The molecular formula is C18H18N4O2. The lowest BCUT2D eigenvalue weighted by Gasteiger charge is -2.08. The predicted molar refractivity (Wildman–Crippen MR) is 90.4 cm³/mol. The highest BCUT2D eigenvalue weighted by Gasteiger charge is 2.08. The molecule has 2 aromatic heterocycles. The van der Waals surface area contributed by atoms with Gasteiger partial charge < -0.3 is 15.1 Å². The highest BCUT2D eigenvalue weighted by Crippen LogP contribution is 2.08. The fourth-order valence-corrected chi connectivity index (χ4v) is 2.21. The first-order chi connectivity index (χ1) is 11.7. The van der Waals surface area contributed by atoms with E-state index < -0.39 is 0 Å². The van der Waals surface area contributed by atoms with Crippen LogP contribution in [0.25, 0.3) is 0 Å². The highest BCUT2D eigenvalue weighted by atomic mass is 16.3. The van der Waals surface area contributed by atoms with Gasteiger partial charge >= 0.3 is 0 Å². The number of aromatic nitrogens is 2. The number of carbonyl (C=O) groups excluding carboxylic acids is 1. The molecule has 0 radical (unpaired) electrons. The Labute approximate surface area is 139 Å². The Bertz CT molecular complexity index is 798. The Morgan fingerprint density at radius 3 is 2.62 bits per heavy atom.